The summed E-state index contributed by atoms with van der Waals surface area (Å²) in [4.78, 5) is 10.8. The molecule has 0 radical (unpaired) electrons. The van der Waals surface area contributed by atoms with Gasteiger partial charge in [-0.15, -0.1) is 0 Å². The van der Waals surface area contributed by atoms with Crippen LogP contribution in [-0.2, 0) is 0 Å². The summed E-state index contributed by atoms with van der Waals surface area (Å²) >= 11 is 0. The highest BCUT2D eigenvalue weighted by atomic mass is 14.8. The molecule has 46 heavy (non-hydrogen) atoms. The van der Waals surface area contributed by atoms with E-state index < -0.39 is 0 Å². The van der Waals surface area contributed by atoms with Crippen molar-refractivity contribution in [3.05, 3.63) is 170 Å². The van der Waals surface area contributed by atoms with Crippen LogP contribution in [0.3, 0.4) is 0 Å². The van der Waals surface area contributed by atoms with Gasteiger partial charge in [0.1, 0.15) is 0 Å². The van der Waals surface area contributed by atoms with Crippen LogP contribution in [0.25, 0.3) is 88.1 Å². The van der Waals surface area contributed by atoms with Crippen LogP contribution in [0.5, 0.6) is 0 Å². The van der Waals surface area contributed by atoms with Gasteiger partial charge < -0.3 is 0 Å². The number of aromatic nitrogens is 2. The Bertz CT molecular complexity index is 2390. The summed E-state index contributed by atoms with van der Waals surface area (Å²) in [6, 6.07) is 60.4. The fourth-order valence-electron chi connectivity index (χ4n) is 6.68. The minimum Gasteiger partial charge on any atom is -0.245 e. The van der Waals surface area contributed by atoms with Crippen LogP contribution < -0.4 is 0 Å². The third-order valence-electron chi connectivity index (χ3n) is 9.02. The lowest BCUT2D eigenvalue weighted by molar-refractivity contribution is 1.36. The van der Waals surface area contributed by atoms with Crippen molar-refractivity contribution >= 4 is 43.4 Å². The molecular formula is C44H28N2. The van der Waals surface area contributed by atoms with Crippen molar-refractivity contribution in [2.24, 2.45) is 0 Å². The highest BCUT2D eigenvalue weighted by Gasteiger charge is 2.17. The second kappa shape index (κ2) is 10.8. The first-order valence-electron chi connectivity index (χ1n) is 15.7. The first kappa shape index (κ1) is 26.3. The van der Waals surface area contributed by atoms with Crippen LogP contribution in [0.15, 0.2) is 170 Å². The van der Waals surface area contributed by atoms with Gasteiger partial charge in [-0.05, 0) is 68.1 Å². The van der Waals surface area contributed by atoms with Crippen molar-refractivity contribution in [3.8, 4) is 44.8 Å². The summed E-state index contributed by atoms with van der Waals surface area (Å²) < 4.78 is 0. The average Bonchev–Trinajstić information content (AvgIpc) is 3.14. The van der Waals surface area contributed by atoms with E-state index in [1.807, 2.05) is 12.1 Å². The van der Waals surface area contributed by atoms with Gasteiger partial charge in [-0.2, -0.15) is 0 Å². The first-order chi connectivity index (χ1) is 22.8. The standard InChI is InChI=1S/C44H28N2/c1-3-13-31(14-4-1)41-27-39(35-21-19-29-11-7-9-17-33(29)25-35)37-23-24-38-40(36-22-20-30-12-8-10-18-34(30)26-36)28-42(32-15-5-2-6-16-32)46-44(38)43(37)45-41/h1-28H. The quantitative estimate of drug-likeness (QED) is 0.192. The lowest BCUT2D eigenvalue weighted by Gasteiger charge is -2.16. The van der Waals surface area contributed by atoms with Crippen molar-refractivity contribution in [2.45, 2.75) is 0 Å². The van der Waals surface area contributed by atoms with E-state index in [0.29, 0.717) is 0 Å². The van der Waals surface area contributed by atoms with Gasteiger partial charge in [-0.1, -0.05) is 146 Å². The maximum atomic E-state index is 5.38. The molecule has 0 atom stereocenters. The van der Waals surface area contributed by atoms with Gasteiger partial charge in [0.25, 0.3) is 0 Å². The van der Waals surface area contributed by atoms with Crippen LogP contribution in [-0.4, -0.2) is 9.97 Å². The van der Waals surface area contributed by atoms with E-state index in [-0.39, 0.29) is 0 Å². The fraction of sp³-hybridized carbons (Fsp3) is 0. The highest BCUT2D eigenvalue weighted by molar-refractivity contribution is 6.14. The van der Waals surface area contributed by atoms with E-state index in [1.165, 1.54) is 21.5 Å². The molecule has 0 fully saturated rings. The third kappa shape index (κ3) is 4.51. The van der Waals surface area contributed by atoms with E-state index >= 15 is 0 Å². The molecule has 214 valence electrons. The fourth-order valence-corrected chi connectivity index (χ4v) is 6.68. The Kier molecular flexibility index (Phi) is 6.17. The van der Waals surface area contributed by atoms with Crippen LogP contribution in [0, 0.1) is 0 Å². The maximum Gasteiger partial charge on any atom is 0.0978 e. The number of nitrogens with zero attached hydrogens (tertiary/aromatic N) is 2. The largest absolute Gasteiger partial charge is 0.245 e. The van der Waals surface area contributed by atoms with E-state index in [2.05, 4.69) is 158 Å². The Labute approximate surface area is 267 Å². The van der Waals surface area contributed by atoms with Crippen molar-refractivity contribution in [2.75, 3.05) is 0 Å². The molecule has 0 amide bonds. The predicted molar refractivity (Wildman–Crippen MR) is 194 cm³/mol. The van der Waals surface area contributed by atoms with Gasteiger partial charge in [0.05, 0.1) is 22.4 Å². The second-order valence-corrected chi connectivity index (χ2v) is 11.8. The molecule has 2 aromatic heterocycles. The molecule has 7 aromatic carbocycles. The molecule has 0 bridgehead atoms. The molecule has 0 unspecified atom stereocenters. The number of benzene rings is 7. The molecule has 0 N–H and O–H groups in total. The third-order valence-corrected chi connectivity index (χ3v) is 9.02. The van der Waals surface area contributed by atoms with Crippen LogP contribution >= 0.6 is 0 Å². The van der Waals surface area contributed by atoms with Crippen molar-refractivity contribution in [1.82, 2.24) is 9.97 Å². The number of pyridine rings is 2. The van der Waals surface area contributed by atoms with Crippen LogP contribution in [0.4, 0.5) is 0 Å². The Morgan fingerprint density at radius 2 is 0.674 bits per heavy atom. The van der Waals surface area contributed by atoms with Gasteiger partial charge in [-0.25, -0.2) is 9.97 Å². The Morgan fingerprint density at radius 3 is 1.11 bits per heavy atom. The summed E-state index contributed by atoms with van der Waals surface area (Å²) in [6.45, 7) is 0. The molecular weight excluding hydrogens is 556 g/mol. The molecule has 2 heteroatoms. The molecule has 2 nitrogen and oxygen atoms in total. The van der Waals surface area contributed by atoms with E-state index in [0.717, 1.165) is 66.6 Å². The Morgan fingerprint density at radius 1 is 0.283 bits per heavy atom. The number of rotatable bonds is 4. The molecule has 2 heterocycles. The zero-order valence-electron chi connectivity index (χ0n) is 25.1. The molecule has 0 saturated carbocycles. The Hall–Kier alpha value is -6.12. The van der Waals surface area contributed by atoms with Gasteiger partial charge in [0, 0.05) is 21.9 Å². The lowest BCUT2D eigenvalue weighted by atomic mass is 9.92. The number of hydrogen-bond acceptors (Lipinski definition) is 2. The summed E-state index contributed by atoms with van der Waals surface area (Å²) in [5, 5.41) is 7.07. The van der Waals surface area contributed by atoms with Crippen LogP contribution in [0.2, 0.25) is 0 Å². The molecule has 0 saturated heterocycles. The average molecular weight is 585 g/mol. The summed E-state index contributed by atoms with van der Waals surface area (Å²) in [5.74, 6) is 0. The van der Waals surface area contributed by atoms with Crippen LogP contribution in [0.1, 0.15) is 0 Å². The number of fused-ring (bicyclic) bond motifs is 5. The minimum atomic E-state index is 0.904. The topological polar surface area (TPSA) is 25.8 Å². The summed E-state index contributed by atoms with van der Waals surface area (Å²) in [6.07, 6.45) is 0. The maximum absolute atomic E-state index is 5.38. The first-order valence-corrected chi connectivity index (χ1v) is 15.7. The van der Waals surface area contributed by atoms with E-state index in [4.69, 9.17) is 9.97 Å². The SMILES string of the molecule is c1ccc(-c2cc(-c3ccc4ccccc4c3)c3ccc4c(-c5ccc6ccccc6c5)cc(-c5ccccc5)nc4c3n2)cc1. The number of hydrogen-bond donors (Lipinski definition) is 0. The highest BCUT2D eigenvalue weighted by Crippen LogP contribution is 2.40. The van der Waals surface area contributed by atoms with Crippen molar-refractivity contribution in [3.63, 3.8) is 0 Å². The van der Waals surface area contributed by atoms with Gasteiger partial charge in [-0.3, -0.25) is 0 Å². The summed E-state index contributed by atoms with van der Waals surface area (Å²) in [7, 11) is 0. The Balaban J connectivity index is 1.39. The summed E-state index contributed by atoms with van der Waals surface area (Å²) in [5.41, 5.74) is 10.5. The minimum absolute atomic E-state index is 0.904. The predicted octanol–water partition coefficient (Wildman–Crippen LogP) is 11.8. The molecule has 0 aliphatic heterocycles. The zero-order chi connectivity index (χ0) is 30.5. The van der Waals surface area contributed by atoms with Gasteiger partial charge >= 0.3 is 0 Å². The van der Waals surface area contributed by atoms with E-state index in [9.17, 15) is 0 Å². The smallest absolute Gasteiger partial charge is 0.0978 e. The zero-order valence-corrected chi connectivity index (χ0v) is 25.1. The van der Waals surface area contributed by atoms with Crippen molar-refractivity contribution in [1.29, 1.82) is 0 Å². The van der Waals surface area contributed by atoms with Crippen molar-refractivity contribution < 1.29 is 0 Å². The van der Waals surface area contributed by atoms with Gasteiger partial charge in [0.2, 0.25) is 0 Å². The lowest BCUT2D eigenvalue weighted by Crippen LogP contribution is -1.95. The normalized spacial score (nSPS) is 11.5. The molecule has 0 spiro atoms. The van der Waals surface area contributed by atoms with Gasteiger partial charge in [0.15, 0.2) is 0 Å². The molecule has 9 rings (SSSR count). The monoisotopic (exact) mass is 584 g/mol. The second-order valence-electron chi connectivity index (χ2n) is 11.8. The molecule has 0 aliphatic rings. The van der Waals surface area contributed by atoms with E-state index in [1.54, 1.807) is 0 Å². The molecule has 0 aliphatic carbocycles. The molecule has 9 aromatic rings.